The molecular weight excluding hydrogens is 449 g/mol. The molecule has 0 saturated carbocycles. The number of carbonyl (C=O) groups excluding carboxylic acids is 1. The molecule has 0 spiro atoms. The highest BCUT2D eigenvalue weighted by Gasteiger charge is 2.21. The molecule has 35 heavy (non-hydrogen) atoms. The van der Waals surface area contributed by atoms with Crippen LogP contribution in [0, 0.1) is 5.82 Å². The number of nitrogens with zero attached hydrogens (tertiary/aromatic N) is 5. The predicted octanol–water partition coefficient (Wildman–Crippen LogP) is 4.42. The van der Waals surface area contributed by atoms with Crippen molar-refractivity contribution in [2.24, 2.45) is 0 Å². The summed E-state index contributed by atoms with van der Waals surface area (Å²) in [6.45, 7) is 0.782. The van der Waals surface area contributed by atoms with Gasteiger partial charge in [-0.25, -0.2) is 14.1 Å². The van der Waals surface area contributed by atoms with Crippen molar-refractivity contribution in [3.63, 3.8) is 0 Å². The zero-order valence-corrected chi connectivity index (χ0v) is 19.0. The van der Waals surface area contributed by atoms with E-state index in [4.69, 9.17) is 14.1 Å². The summed E-state index contributed by atoms with van der Waals surface area (Å²) in [5.74, 6) is 0.205. The molecule has 0 aliphatic rings. The van der Waals surface area contributed by atoms with E-state index in [0.29, 0.717) is 28.8 Å². The van der Waals surface area contributed by atoms with Gasteiger partial charge in [0.05, 0.1) is 35.6 Å². The van der Waals surface area contributed by atoms with Crippen molar-refractivity contribution < 1.29 is 18.3 Å². The molecule has 8 nitrogen and oxygen atoms in total. The Hall–Kier alpha value is -4.53. The molecule has 4 heterocycles. The number of ether oxygens (including phenoxy) is 1. The van der Waals surface area contributed by atoms with Crippen LogP contribution >= 0.6 is 0 Å². The van der Waals surface area contributed by atoms with Crippen LogP contribution in [0.15, 0.2) is 83.9 Å². The fraction of sp³-hybridized carbons (Fsp3) is 0.154. The second-order valence-corrected chi connectivity index (χ2v) is 7.92. The number of halogens is 1. The first kappa shape index (κ1) is 22.3. The lowest BCUT2D eigenvalue weighted by Crippen LogP contribution is -2.31. The number of aromatic nitrogens is 4. The smallest absolute Gasteiger partial charge is 0.254 e. The van der Waals surface area contributed by atoms with Crippen molar-refractivity contribution in [2.75, 3.05) is 20.2 Å². The van der Waals surface area contributed by atoms with Crippen LogP contribution in [0.5, 0.6) is 5.75 Å². The molecule has 4 aromatic heterocycles. The molecule has 0 unspecified atom stereocenters. The number of para-hydroxylation sites is 1. The normalized spacial score (nSPS) is 11.0. The summed E-state index contributed by atoms with van der Waals surface area (Å²) in [5, 5.41) is 5.08. The van der Waals surface area contributed by atoms with E-state index in [1.54, 1.807) is 60.8 Å². The summed E-state index contributed by atoms with van der Waals surface area (Å²) < 4.78 is 26.5. The molecule has 0 bridgehead atoms. The molecule has 0 aliphatic carbocycles. The van der Waals surface area contributed by atoms with Crippen LogP contribution in [0.25, 0.3) is 22.3 Å². The second kappa shape index (κ2) is 9.76. The molecular formula is C26H22FN5O3. The average Bonchev–Trinajstić information content (AvgIpc) is 3.55. The molecule has 0 aliphatic heterocycles. The zero-order valence-electron chi connectivity index (χ0n) is 19.0. The number of hydrogen-bond donors (Lipinski definition) is 0. The van der Waals surface area contributed by atoms with Crippen molar-refractivity contribution in [1.82, 2.24) is 24.6 Å². The molecule has 0 fully saturated rings. The Labute approximate surface area is 200 Å². The van der Waals surface area contributed by atoms with Gasteiger partial charge in [-0.3, -0.25) is 9.78 Å². The van der Waals surface area contributed by atoms with Crippen LogP contribution in [0.1, 0.15) is 16.1 Å². The maximum absolute atomic E-state index is 13.8. The van der Waals surface area contributed by atoms with E-state index in [2.05, 4.69) is 10.1 Å². The molecule has 1 amide bonds. The number of likely N-dealkylation sites (N-methyl/N-ethyl adjacent to an activating group) is 1. The van der Waals surface area contributed by atoms with Gasteiger partial charge in [0, 0.05) is 25.0 Å². The molecule has 9 heteroatoms. The van der Waals surface area contributed by atoms with Gasteiger partial charge in [-0.2, -0.15) is 5.10 Å². The third-order valence-electron chi connectivity index (χ3n) is 5.55. The van der Waals surface area contributed by atoms with E-state index >= 15 is 0 Å². The lowest BCUT2D eigenvalue weighted by atomic mass is 10.1. The van der Waals surface area contributed by atoms with Crippen LogP contribution < -0.4 is 4.74 Å². The number of carbonyl (C=O) groups is 1. The number of hydrogen-bond acceptors (Lipinski definition) is 6. The number of amides is 1. The van der Waals surface area contributed by atoms with Gasteiger partial charge in [0.1, 0.15) is 18.9 Å². The topological polar surface area (TPSA) is 86.3 Å². The summed E-state index contributed by atoms with van der Waals surface area (Å²) in [6.07, 6.45) is 6.61. The first-order chi connectivity index (χ1) is 17.1. The Balaban J connectivity index is 1.45. The van der Waals surface area contributed by atoms with Crippen molar-refractivity contribution in [1.29, 1.82) is 0 Å². The lowest BCUT2D eigenvalue weighted by Gasteiger charge is -2.18. The quantitative estimate of drug-likeness (QED) is 0.333. The van der Waals surface area contributed by atoms with Gasteiger partial charge in [0.25, 0.3) is 5.91 Å². The van der Waals surface area contributed by atoms with Gasteiger partial charge in [-0.15, -0.1) is 0 Å². The minimum absolute atomic E-state index is 0.143. The van der Waals surface area contributed by atoms with E-state index in [1.165, 1.54) is 11.0 Å². The summed E-state index contributed by atoms with van der Waals surface area (Å²) in [7, 11) is 1.68. The highest BCUT2D eigenvalue weighted by atomic mass is 19.1. The van der Waals surface area contributed by atoms with Crippen LogP contribution in [0.2, 0.25) is 0 Å². The van der Waals surface area contributed by atoms with Crippen molar-refractivity contribution in [2.45, 2.75) is 6.54 Å². The molecule has 1 aromatic carbocycles. The molecule has 0 saturated heterocycles. The van der Waals surface area contributed by atoms with Gasteiger partial charge >= 0.3 is 0 Å². The van der Waals surface area contributed by atoms with E-state index in [9.17, 15) is 9.18 Å². The van der Waals surface area contributed by atoms with E-state index < -0.39 is 5.82 Å². The number of pyridine rings is 2. The number of benzene rings is 1. The predicted molar refractivity (Wildman–Crippen MR) is 127 cm³/mol. The Morgan fingerprint density at radius 2 is 2.03 bits per heavy atom. The molecule has 176 valence electrons. The van der Waals surface area contributed by atoms with Gasteiger partial charge in [-0.1, -0.05) is 12.1 Å². The summed E-state index contributed by atoms with van der Waals surface area (Å²) in [4.78, 5) is 24.0. The second-order valence-electron chi connectivity index (χ2n) is 7.92. The lowest BCUT2D eigenvalue weighted by molar-refractivity contribution is 0.0775. The van der Waals surface area contributed by atoms with E-state index in [0.717, 1.165) is 11.3 Å². The number of rotatable bonds is 8. The van der Waals surface area contributed by atoms with Gasteiger partial charge in [-0.05, 0) is 42.5 Å². The summed E-state index contributed by atoms with van der Waals surface area (Å²) in [6, 6.07) is 15.3. The maximum Gasteiger partial charge on any atom is 0.254 e. The highest BCUT2D eigenvalue weighted by molar-refractivity contribution is 6.06. The SMILES string of the molecule is CN(CCOc1ccccc1F)C(=O)c1cc(-c2cccnc2)nc2c1cnn2Cc1ccco1. The molecule has 5 rings (SSSR count). The standard InChI is InChI=1S/C26H22FN5O3/c1-31(11-13-35-24-9-3-2-8-22(24)27)26(33)20-14-23(18-6-4-10-28-15-18)30-25-21(20)16-29-32(25)17-19-7-5-12-34-19/h2-10,12,14-16H,11,13,17H2,1H3. The van der Waals surface area contributed by atoms with Crippen molar-refractivity contribution in [3.8, 4) is 17.0 Å². The Bertz CT molecular complexity index is 1450. The fourth-order valence-electron chi connectivity index (χ4n) is 3.71. The Kier molecular flexibility index (Phi) is 6.21. The maximum atomic E-state index is 13.8. The Morgan fingerprint density at radius 1 is 1.14 bits per heavy atom. The number of fused-ring (bicyclic) bond motifs is 1. The number of furan rings is 1. The minimum Gasteiger partial charge on any atom is -0.489 e. The summed E-state index contributed by atoms with van der Waals surface area (Å²) >= 11 is 0. The van der Waals surface area contributed by atoms with E-state index in [1.807, 2.05) is 24.3 Å². The van der Waals surface area contributed by atoms with Crippen molar-refractivity contribution >= 4 is 16.9 Å². The largest absolute Gasteiger partial charge is 0.489 e. The zero-order chi connectivity index (χ0) is 24.2. The van der Waals surface area contributed by atoms with Crippen LogP contribution in [-0.4, -0.2) is 50.8 Å². The first-order valence-electron chi connectivity index (χ1n) is 11.0. The average molecular weight is 471 g/mol. The van der Waals surface area contributed by atoms with Gasteiger partial charge < -0.3 is 14.1 Å². The van der Waals surface area contributed by atoms with Crippen LogP contribution in [-0.2, 0) is 6.54 Å². The molecule has 5 aromatic rings. The first-order valence-corrected chi connectivity index (χ1v) is 11.0. The highest BCUT2D eigenvalue weighted by Crippen LogP contribution is 2.26. The van der Waals surface area contributed by atoms with Gasteiger partial charge in [0.15, 0.2) is 17.2 Å². The van der Waals surface area contributed by atoms with Crippen LogP contribution in [0.3, 0.4) is 0 Å². The molecule has 0 radical (unpaired) electrons. The fourth-order valence-corrected chi connectivity index (χ4v) is 3.71. The minimum atomic E-state index is -0.442. The van der Waals surface area contributed by atoms with E-state index in [-0.39, 0.29) is 24.8 Å². The summed E-state index contributed by atoms with van der Waals surface area (Å²) in [5.41, 5.74) is 2.39. The third-order valence-corrected chi connectivity index (χ3v) is 5.55. The van der Waals surface area contributed by atoms with Crippen LogP contribution in [0.4, 0.5) is 4.39 Å². The van der Waals surface area contributed by atoms with Crippen molar-refractivity contribution in [3.05, 3.63) is 96.6 Å². The monoisotopic (exact) mass is 471 g/mol. The van der Waals surface area contributed by atoms with Gasteiger partial charge in [0.2, 0.25) is 0 Å². The third kappa shape index (κ3) is 4.74. The molecule has 0 atom stereocenters. The molecule has 0 N–H and O–H groups in total. The Morgan fingerprint density at radius 3 is 2.80 bits per heavy atom.